The van der Waals surface area contributed by atoms with Gasteiger partial charge in [0.2, 0.25) is 0 Å². The molecule has 90 valence electrons. The summed E-state index contributed by atoms with van der Waals surface area (Å²) in [6.45, 7) is 0. The third-order valence-corrected chi connectivity index (χ3v) is 3.30. The second-order valence-electron chi connectivity index (χ2n) is 4.04. The molecule has 0 unspecified atom stereocenters. The summed E-state index contributed by atoms with van der Waals surface area (Å²) in [6, 6.07) is 11.2. The van der Waals surface area contributed by atoms with Crippen LogP contribution in [0.15, 0.2) is 46.9 Å². The normalized spacial score (nSPS) is 11.1. The number of H-pyrrole nitrogens is 1. The molecule has 0 saturated carbocycles. The molecule has 1 heterocycles. The highest BCUT2D eigenvalue weighted by molar-refractivity contribution is 9.10. The molecule has 4 heteroatoms. The van der Waals surface area contributed by atoms with Gasteiger partial charge in [-0.15, -0.1) is 0 Å². The maximum Gasteiger partial charge on any atom is 0.135 e. The van der Waals surface area contributed by atoms with Crippen LogP contribution >= 0.6 is 15.9 Å². The molecule has 0 fully saturated rings. The zero-order valence-electron chi connectivity index (χ0n) is 9.18. The SMILES string of the molecule is Fc1ccc(-c2cc3cc(Br)ccc3[nH]2)c(F)c1. The Morgan fingerprint density at radius 1 is 0.944 bits per heavy atom. The van der Waals surface area contributed by atoms with Crippen molar-refractivity contribution in [2.45, 2.75) is 0 Å². The zero-order valence-corrected chi connectivity index (χ0v) is 10.8. The van der Waals surface area contributed by atoms with Crippen LogP contribution in [0.1, 0.15) is 0 Å². The van der Waals surface area contributed by atoms with Crippen LogP contribution in [0.4, 0.5) is 8.78 Å². The fourth-order valence-corrected chi connectivity index (χ4v) is 2.34. The molecule has 0 spiro atoms. The zero-order chi connectivity index (χ0) is 12.7. The van der Waals surface area contributed by atoms with E-state index < -0.39 is 11.6 Å². The summed E-state index contributed by atoms with van der Waals surface area (Å²) in [6.07, 6.45) is 0. The number of aromatic amines is 1. The summed E-state index contributed by atoms with van der Waals surface area (Å²) in [5.74, 6) is -1.14. The average Bonchev–Trinajstić information content (AvgIpc) is 2.71. The van der Waals surface area contributed by atoms with Gasteiger partial charge in [0.1, 0.15) is 11.6 Å². The van der Waals surface area contributed by atoms with Gasteiger partial charge in [0.05, 0.1) is 0 Å². The van der Waals surface area contributed by atoms with E-state index in [0.29, 0.717) is 11.3 Å². The van der Waals surface area contributed by atoms with Gasteiger partial charge in [-0.1, -0.05) is 15.9 Å². The topological polar surface area (TPSA) is 15.8 Å². The number of fused-ring (bicyclic) bond motifs is 1. The van der Waals surface area contributed by atoms with Crippen molar-refractivity contribution in [1.82, 2.24) is 4.98 Å². The first kappa shape index (κ1) is 11.4. The van der Waals surface area contributed by atoms with E-state index in [9.17, 15) is 8.78 Å². The molecule has 0 bridgehead atoms. The monoisotopic (exact) mass is 307 g/mol. The molecular weight excluding hydrogens is 300 g/mol. The fourth-order valence-electron chi connectivity index (χ4n) is 1.96. The highest BCUT2D eigenvalue weighted by Gasteiger charge is 2.09. The van der Waals surface area contributed by atoms with Gasteiger partial charge in [-0.05, 0) is 36.4 Å². The minimum absolute atomic E-state index is 0.365. The van der Waals surface area contributed by atoms with Crippen LogP contribution in [0.2, 0.25) is 0 Å². The number of halogens is 3. The number of hydrogen-bond donors (Lipinski definition) is 1. The first-order chi connectivity index (χ1) is 8.63. The maximum atomic E-state index is 13.7. The molecule has 1 aromatic heterocycles. The molecule has 1 nitrogen and oxygen atoms in total. The predicted octanol–water partition coefficient (Wildman–Crippen LogP) is 4.88. The van der Waals surface area contributed by atoms with E-state index in [0.717, 1.165) is 21.4 Å². The summed E-state index contributed by atoms with van der Waals surface area (Å²) in [4.78, 5) is 3.12. The first-order valence-electron chi connectivity index (χ1n) is 5.37. The smallest absolute Gasteiger partial charge is 0.135 e. The van der Waals surface area contributed by atoms with Crippen LogP contribution in [0.5, 0.6) is 0 Å². The summed E-state index contributed by atoms with van der Waals surface area (Å²) in [5.41, 5.74) is 1.92. The van der Waals surface area contributed by atoms with Crippen LogP contribution in [0.25, 0.3) is 22.2 Å². The molecule has 2 aromatic carbocycles. The third-order valence-electron chi connectivity index (χ3n) is 2.80. The highest BCUT2D eigenvalue weighted by atomic mass is 79.9. The van der Waals surface area contributed by atoms with Gasteiger partial charge in [0.15, 0.2) is 0 Å². The van der Waals surface area contributed by atoms with Crippen LogP contribution < -0.4 is 0 Å². The van der Waals surface area contributed by atoms with Crippen molar-refractivity contribution in [2.24, 2.45) is 0 Å². The number of aromatic nitrogens is 1. The number of nitrogens with one attached hydrogen (secondary N) is 1. The van der Waals surface area contributed by atoms with E-state index in [2.05, 4.69) is 20.9 Å². The van der Waals surface area contributed by atoms with Crippen molar-refractivity contribution >= 4 is 26.8 Å². The fraction of sp³-hybridized carbons (Fsp3) is 0. The minimum Gasteiger partial charge on any atom is -0.354 e. The molecule has 1 N–H and O–H groups in total. The molecular formula is C14H8BrF2N. The Morgan fingerprint density at radius 2 is 1.78 bits per heavy atom. The lowest BCUT2D eigenvalue weighted by Crippen LogP contribution is -1.85. The van der Waals surface area contributed by atoms with E-state index in [1.807, 2.05) is 24.3 Å². The van der Waals surface area contributed by atoms with Gasteiger partial charge in [0.25, 0.3) is 0 Å². The van der Waals surface area contributed by atoms with Crippen LogP contribution in [-0.2, 0) is 0 Å². The summed E-state index contributed by atoms with van der Waals surface area (Å²) >= 11 is 3.38. The Labute approximate surface area is 111 Å². The number of benzene rings is 2. The molecule has 0 aliphatic carbocycles. The lowest BCUT2D eigenvalue weighted by atomic mass is 10.1. The van der Waals surface area contributed by atoms with E-state index >= 15 is 0 Å². The van der Waals surface area contributed by atoms with Crippen molar-refractivity contribution in [2.75, 3.05) is 0 Å². The maximum absolute atomic E-state index is 13.7. The molecule has 18 heavy (non-hydrogen) atoms. The molecule has 0 aliphatic heterocycles. The van der Waals surface area contributed by atoms with Crippen molar-refractivity contribution in [3.05, 3.63) is 58.6 Å². The number of rotatable bonds is 1. The second-order valence-corrected chi connectivity index (χ2v) is 4.95. The van der Waals surface area contributed by atoms with Gasteiger partial charge in [-0.2, -0.15) is 0 Å². The molecule has 0 amide bonds. The molecule has 3 aromatic rings. The van der Waals surface area contributed by atoms with Crippen LogP contribution in [-0.4, -0.2) is 4.98 Å². The van der Waals surface area contributed by atoms with Crippen LogP contribution in [0, 0.1) is 11.6 Å². The Balaban J connectivity index is 2.19. The van der Waals surface area contributed by atoms with E-state index in [1.54, 1.807) is 0 Å². The predicted molar refractivity (Wildman–Crippen MR) is 71.4 cm³/mol. The van der Waals surface area contributed by atoms with Crippen molar-refractivity contribution in [3.8, 4) is 11.3 Å². The Morgan fingerprint density at radius 3 is 2.56 bits per heavy atom. The van der Waals surface area contributed by atoms with Gasteiger partial charge in [0, 0.05) is 32.7 Å². The van der Waals surface area contributed by atoms with E-state index in [-0.39, 0.29) is 0 Å². The molecule has 0 saturated heterocycles. The Kier molecular flexibility index (Phi) is 2.67. The van der Waals surface area contributed by atoms with Gasteiger partial charge < -0.3 is 4.98 Å². The largest absolute Gasteiger partial charge is 0.354 e. The quantitative estimate of drug-likeness (QED) is 0.660. The lowest BCUT2D eigenvalue weighted by molar-refractivity contribution is 0.585. The highest BCUT2D eigenvalue weighted by Crippen LogP contribution is 2.28. The van der Waals surface area contributed by atoms with Crippen molar-refractivity contribution in [1.29, 1.82) is 0 Å². The molecule has 3 rings (SSSR count). The molecule has 0 radical (unpaired) electrons. The minimum atomic E-state index is -0.574. The molecule has 0 atom stereocenters. The van der Waals surface area contributed by atoms with Gasteiger partial charge in [-0.25, -0.2) is 8.78 Å². The standard InChI is InChI=1S/C14H8BrF2N/c15-9-1-4-13-8(5-9)6-14(18-13)11-3-2-10(16)7-12(11)17/h1-7,18H. The summed E-state index contributed by atoms with van der Waals surface area (Å²) in [7, 11) is 0. The van der Waals surface area contributed by atoms with Crippen molar-refractivity contribution < 1.29 is 8.78 Å². The molecule has 0 aliphatic rings. The summed E-state index contributed by atoms with van der Waals surface area (Å²) in [5, 5.41) is 0.975. The Hall–Kier alpha value is -1.68. The average molecular weight is 308 g/mol. The first-order valence-corrected chi connectivity index (χ1v) is 6.16. The van der Waals surface area contributed by atoms with Gasteiger partial charge >= 0.3 is 0 Å². The van der Waals surface area contributed by atoms with Gasteiger partial charge in [-0.3, -0.25) is 0 Å². The third kappa shape index (κ3) is 1.93. The Bertz CT molecular complexity index is 734. The summed E-state index contributed by atoms with van der Waals surface area (Å²) < 4.78 is 27.5. The van der Waals surface area contributed by atoms with E-state index in [1.165, 1.54) is 12.1 Å². The lowest BCUT2D eigenvalue weighted by Gasteiger charge is -1.99. The second kappa shape index (κ2) is 4.21. The van der Waals surface area contributed by atoms with Crippen LogP contribution in [0.3, 0.4) is 0 Å². The van der Waals surface area contributed by atoms with E-state index in [4.69, 9.17) is 0 Å². The van der Waals surface area contributed by atoms with Crippen molar-refractivity contribution in [3.63, 3.8) is 0 Å². The number of hydrogen-bond acceptors (Lipinski definition) is 0.